The first-order valence-electron chi connectivity index (χ1n) is 6.02. The van der Waals surface area contributed by atoms with Crippen LogP contribution in [0.5, 0.6) is 11.6 Å². The van der Waals surface area contributed by atoms with E-state index in [0.29, 0.717) is 6.54 Å². The number of carboxylic acid groups (broad SMARTS) is 1. The van der Waals surface area contributed by atoms with E-state index < -0.39 is 10.9 Å². The summed E-state index contributed by atoms with van der Waals surface area (Å²) in [7, 11) is 0. The maximum Gasteiger partial charge on any atom is 0.353 e. The van der Waals surface area contributed by atoms with Gasteiger partial charge in [-0.2, -0.15) is 5.10 Å². The Balaban J connectivity index is 2.54. The first-order valence-corrected chi connectivity index (χ1v) is 6.02. The Morgan fingerprint density at radius 1 is 1.57 bits per heavy atom. The SMILES string of the molecule is CCn1nc(C)c([N+](=O)[O-])c1Oc1cnccc1C(=O)O. The lowest BCUT2D eigenvalue weighted by Crippen LogP contribution is -2.05. The van der Waals surface area contributed by atoms with Gasteiger partial charge < -0.3 is 9.84 Å². The van der Waals surface area contributed by atoms with Gasteiger partial charge in [0.1, 0.15) is 11.3 Å². The van der Waals surface area contributed by atoms with Crippen molar-refractivity contribution in [3.8, 4) is 11.6 Å². The van der Waals surface area contributed by atoms with Gasteiger partial charge in [0, 0.05) is 12.7 Å². The summed E-state index contributed by atoms with van der Waals surface area (Å²) in [5.74, 6) is -1.41. The molecule has 2 rings (SSSR count). The van der Waals surface area contributed by atoms with Gasteiger partial charge in [-0.25, -0.2) is 9.48 Å². The predicted octanol–water partition coefficient (Wildman–Crippen LogP) is 2.01. The highest BCUT2D eigenvalue weighted by molar-refractivity contribution is 5.90. The first kappa shape index (κ1) is 14.4. The normalized spacial score (nSPS) is 10.4. The first-order chi connectivity index (χ1) is 9.95. The van der Waals surface area contributed by atoms with Crippen molar-refractivity contribution in [2.45, 2.75) is 20.4 Å². The van der Waals surface area contributed by atoms with Gasteiger partial charge in [-0.15, -0.1) is 0 Å². The van der Waals surface area contributed by atoms with Crippen molar-refractivity contribution in [1.82, 2.24) is 14.8 Å². The second kappa shape index (κ2) is 5.57. The van der Waals surface area contributed by atoms with Gasteiger partial charge in [-0.3, -0.25) is 15.1 Å². The number of pyridine rings is 1. The molecule has 0 spiro atoms. The van der Waals surface area contributed by atoms with E-state index in [0.717, 1.165) is 0 Å². The molecule has 0 aromatic carbocycles. The highest BCUT2D eigenvalue weighted by atomic mass is 16.6. The number of hydrogen-bond acceptors (Lipinski definition) is 6. The predicted molar refractivity (Wildman–Crippen MR) is 70.6 cm³/mol. The lowest BCUT2D eigenvalue weighted by atomic mass is 10.2. The van der Waals surface area contributed by atoms with Gasteiger partial charge >= 0.3 is 11.7 Å². The molecule has 0 aliphatic rings. The van der Waals surface area contributed by atoms with Gasteiger partial charge in [0.15, 0.2) is 5.75 Å². The summed E-state index contributed by atoms with van der Waals surface area (Å²) in [5, 5.41) is 24.2. The fourth-order valence-electron chi connectivity index (χ4n) is 1.82. The summed E-state index contributed by atoms with van der Waals surface area (Å²) in [6, 6.07) is 1.25. The number of carbonyl (C=O) groups is 1. The molecular formula is C12H12N4O5. The van der Waals surface area contributed by atoms with Crippen LogP contribution in [-0.2, 0) is 6.54 Å². The molecule has 0 atom stereocenters. The summed E-state index contributed by atoms with van der Waals surface area (Å²) in [5.41, 5.74) is -0.240. The number of aryl methyl sites for hydroxylation is 2. The van der Waals surface area contributed by atoms with E-state index in [1.165, 1.54) is 30.1 Å². The quantitative estimate of drug-likeness (QED) is 0.660. The minimum absolute atomic E-state index is 0.0808. The smallest absolute Gasteiger partial charge is 0.353 e. The highest BCUT2D eigenvalue weighted by Gasteiger charge is 2.28. The number of aromatic nitrogens is 3. The third-order valence-electron chi connectivity index (χ3n) is 2.75. The van der Waals surface area contributed by atoms with Crippen LogP contribution in [0.3, 0.4) is 0 Å². The van der Waals surface area contributed by atoms with Crippen LogP contribution in [0, 0.1) is 17.0 Å². The van der Waals surface area contributed by atoms with Crippen molar-refractivity contribution in [1.29, 1.82) is 0 Å². The Bertz CT molecular complexity index is 710. The molecule has 2 aromatic rings. The fraction of sp³-hybridized carbons (Fsp3) is 0.250. The van der Waals surface area contributed by atoms with Crippen LogP contribution in [-0.4, -0.2) is 30.8 Å². The third-order valence-corrected chi connectivity index (χ3v) is 2.75. The molecule has 9 heteroatoms. The van der Waals surface area contributed by atoms with E-state index in [2.05, 4.69) is 10.1 Å². The van der Waals surface area contributed by atoms with Crippen molar-refractivity contribution in [2.24, 2.45) is 0 Å². The van der Waals surface area contributed by atoms with Crippen LogP contribution in [0.4, 0.5) is 5.69 Å². The molecule has 9 nitrogen and oxygen atoms in total. The van der Waals surface area contributed by atoms with Crippen LogP contribution >= 0.6 is 0 Å². The Kier molecular flexibility index (Phi) is 3.83. The molecule has 0 saturated heterocycles. The van der Waals surface area contributed by atoms with Crippen LogP contribution in [0.25, 0.3) is 0 Å². The molecule has 0 bridgehead atoms. The van der Waals surface area contributed by atoms with E-state index >= 15 is 0 Å². The molecule has 0 aliphatic carbocycles. The summed E-state index contributed by atoms with van der Waals surface area (Å²) < 4.78 is 6.72. The number of aromatic carboxylic acids is 1. The minimum atomic E-state index is -1.21. The number of carboxylic acids is 1. The van der Waals surface area contributed by atoms with E-state index in [4.69, 9.17) is 9.84 Å². The summed E-state index contributed by atoms with van der Waals surface area (Å²) >= 11 is 0. The van der Waals surface area contributed by atoms with E-state index in [-0.39, 0.29) is 28.6 Å². The third kappa shape index (κ3) is 2.66. The molecule has 2 heterocycles. The standard InChI is InChI=1S/C12H12N4O5/c1-3-15-11(10(16(19)20)7(2)14-15)21-9-6-13-5-4-8(9)12(17)18/h4-6H,3H2,1-2H3,(H,17,18). The van der Waals surface area contributed by atoms with Crippen molar-refractivity contribution < 1.29 is 19.6 Å². The average Bonchev–Trinajstić information content (AvgIpc) is 2.75. The second-order valence-electron chi connectivity index (χ2n) is 4.09. The zero-order valence-electron chi connectivity index (χ0n) is 11.3. The second-order valence-corrected chi connectivity index (χ2v) is 4.09. The topological polar surface area (TPSA) is 120 Å². The molecule has 21 heavy (non-hydrogen) atoms. The number of hydrogen-bond donors (Lipinski definition) is 1. The molecule has 2 aromatic heterocycles. The number of ether oxygens (including phenoxy) is 1. The van der Waals surface area contributed by atoms with Crippen molar-refractivity contribution in [3.05, 3.63) is 39.8 Å². The number of nitro groups is 1. The lowest BCUT2D eigenvalue weighted by Gasteiger charge is -2.08. The van der Waals surface area contributed by atoms with Crippen LogP contribution in [0.1, 0.15) is 23.0 Å². The van der Waals surface area contributed by atoms with Crippen molar-refractivity contribution in [3.63, 3.8) is 0 Å². The Labute approximate surface area is 118 Å². The monoisotopic (exact) mass is 292 g/mol. The zero-order chi connectivity index (χ0) is 15.6. The molecule has 0 aliphatic heterocycles. The summed E-state index contributed by atoms with van der Waals surface area (Å²) in [4.78, 5) is 25.4. The number of rotatable bonds is 5. The minimum Gasteiger partial charge on any atom is -0.478 e. The fourth-order valence-corrected chi connectivity index (χ4v) is 1.82. The van der Waals surface area contributed by atoms with Gasteiger partial charge in [0.2, 0.25) is 0 Å². The molecule has 0 saturated carbocycles. The zero-order valence-corrected chi connectivity index (χ0v) is 11.3. The van der Waals surface area contributed by atoms with Crippen molar-refractivity contribution in [2.75, 3.05) is 0 Å². The van der Waals surface area contributed by atoms with Crippen LogP contribution < -0.4 is 4.74 Å². The number of nitrogens with zero attached hydrogens (tertiary/aromatic N) is 4. The average molecular weight is 292 g/mol. The Morgan fingerprint density at radius 2 is 2.29 bits per heavy atom. The van der Waals surface area contributed by atoms with E-state index in [1.807, 2.05) is 0 Å². The molecule has 0 amide bonds. The summed E-state index contributed by atoms with van der Waals surface area (Å²) in [6.07, 6.45) is 2.49. The van der Waals surface area contributed by atoms with Gasteiger partial charge in [0.05, 0.1) is 11.1 Å². The maximum absolute atomic E-state index is 11.1. The molecule has 0 radical (unpaired) electrons. The largest absolute Gasteiger partial charge is 0.478 e. The molecule has 110 valence electrons. The maximum atomic E-state index is 11.1. The van der Waals surface area contributed by atoms with Crippen LogP contribution in [0.2, 0.25) is 0 Å². The Hall–Kier alpha value is -2.97. The molecule has 0 fully saturated rings. The lowest BCUT2D eigenvalue weighted by molar-refractivity contribution is -0.386. The van der Waals surface area contributed by atoms with Gasteiger partial charge in [0.25, 0.3) is 5.88 Å². The summed E-state index contributed by atoms with van der Waals surface area (Å²) in [6.45, 7) is 3.57. The highest BCUT2D eigenvalue weighted by Crippen LogP contribution is 2.35. The van der Waals surface area contributed by atoms with E-state index in [1.54, 1.807) is 6.92 Å². The van der Waals surface area contributed by atoms with Crippen LogP contribution in [0.15, 0.2) is 18.5 Å². The molecule has 1 N–H and O–H groups in total. The molecular weight excluding hydrogens is 280 g/mol. The van der Waals surface area contributed by atoms with Crippen molar-refractivity contribution >= 4 is 11.7 Å². The van der Waals surface area contributed by atoms with E-state index in [9.17, 15) is 14.9 Å². The Morgan fingerprint density at radius 3 is 2.86 bits per heavy atom. The van der Waals surface area contributed by atoms with Gasteiger partial charge in [-0.05, 0) is 19.9 Å². The van der Waals surface area contributed by atoms with Gasteiger partial charge in [-0.1, -0.05) is 0 Å². The molecule has 0 unspecified atom stereocenters.